The van der Waals surface area contributed by atoms with Crippen LogP contribution < -0.4 is 5.43 Å². The van der Waals surface area contributed by atoms with Crippen molar-refractivity contribution in [1.29, 1.82) is 0 Å². The minimum absolute atomic E-state index is 0.563. The highest BCUT2D eigenvalue weighted by atomic mass is 15.3. The van der Waals surface area contributed by atoms with Crippen LogP contribution in [0.3, 0.4) is 0 Å². The number of hydrogen-bond donors (Lipinski definition) is 1. The molecule has 3 rings (SSSR count). The molecule has 0 heterocycles. The van der Waals surface area contributed by atoms with Crippen LogP contribution in [0, 0.1) is 0 Å². The van der Waals surface area contributed by atoms with Crippen molar-refractivity contribution in [1.82, 2.24) is 5.43 Å². The van der Waals surface area contributed by atoms with Gasteiger partial charge < -0.3 is 5.43 Å². The maximum Gasteiger partial charge on any atom is 0.0715 e. The molecule has 0 radical (unpaired) electrons. The lowest BCUT2D eigenvalue weighted by Crippen LogP contribution is -2.28. The summed E-state index contributed by atoms with van der Waals surface area (Å²) >= 11 is 0. The van der Waals surface area contributed by atoms with Crippen LogP contribution in [0.5, 0.6) is 0 Å². The summed E-state index contributed by atoms with van der Waals surface area (Å²) in [6, 6.07) is 11.1. The lowest BCUT2D eigenvalue weighted by atomic mass is 9.96. The molecule has 1 aromatic rings. The number of benzene rings is 1. The van der Waals surface area contributed by atoms with E-state index in [0.717, 1.165) is 18.6 Å². The van der Waals surface area contributed by atoms with Crippen LogP contribution in [0.1, 0.15) is 50.5 Å². The summed E-state index contributed by atoms with van der Waals surface area (Å²) < 4.78 is 0. The first kappa shape index (κ1) is 14.1. The Balaban J connectivity index is 1.71. The molecule has 1 N–H and O–H groups in total. The molecule has 0 spiro atoms. The Labute approximate surface area is 127 Å². The van der Waals surface area contributed by atoms with Gasteiger partial charge in [0.2, 0.25) is 0 Å². The van der Waals surface area contributed by atoms with E-state index in [1.165, 1.54) is 43.2 Å². The Morgan fingerprint density at radius 2 is 1.90 bits per heavy atom. The number of rotatable bonds is 5. The monoisotopic (exact) mass is 280 g/mol. The average Bonchev–Trinajstić information content (AvgIpc) is 3.06. The van der Waals surface area contributed by atoms with Gasteiger partial charge in [0, 0.05) is 12.5 Å². The fourth-order valence-electron chi connectivity index (χ4n) is 3.08. The van der Waals surface area contributed by atoms with Crippen molar-refractivity contribution in [2.75, 3.05) is 0 Å². The van der Waals surface area contributed by atoms with Crippen molar-refractivity contribution >= 4 is 5.71 Å². The molecule has 0 atom stereocenters. The highest BCUT2D eigenvalue weighted by molar-refractivity contribution is 6.01. The molecule has 2 nitrogen and oxygen atoms in total. The van der Waals surface area contributed by atoms with Crippen molar-refractivity contribution < 1.29 is 0 Å². The Bertz CT molecular complexity index is 534. The van der Waals surface area contributed by atoms with Crippen LogP contribution in [-0.4, -0.2) is 11.8 Å². The highest BCUT2D eigenvalue weighted by Crippen LogP contribution is 2.20. The lowest BCUT2D eigenvalue weighted by molar-refractivity contribution is 0.380. The Kier molecular flexibility index (Phi) is 4.88. The zero-order chi connectivity index (χ0) is 14.3. The van der Waals surface area contributed by atoms with Gasteiger partial charge in [0.1, 0.15) is 0 Å². The van der Waals surface area contributed by atoms with E-state index in [0.29, 0.717) is 6.04 Å². The van der Waals surface area contributed by atoms with E-state index < -0.39 is 0 Å². The smallest absolute Gasteiger partial charge is 0.0715 e. The summed E-state index contributed by atoms with van der Waals surface area (Å²) in [5.74, 6) is 0. The maximum absolute atomic E-state index is 4.78. The minimum Gasteiger partial charge on any atom is -0.307 e. The van der Waals surface area contributed by atoms with E-state index in [9.17, 15) is 0 Å². The third-order valence-corrected chi connectivity index (χ3v) is 4.34. The van der Waals surface area contributed by atoms with Gasteiger partial charge in [0.25, 0.3) is 0 Å². The number of hydrazone groups is 1. The predicted molar refractivity (Wildman–Crippen MR) is 89.4 cm³/mol. The molecular weight excluding hydrogens is 256 g/mol. The van der Waals surface area contributed by atoms with E-state index in [2.05, 4.69) is 54.0 Å². The van der Waals surface area contributed by atoms with Crippen molar-refractivity contribution in [2.24, 2.45) is 5.10 Å². The summed E-state index contributed by atoms with van der Waals surface area (Å²) in [4.78, 5) is 0. The fourth-order valence-corrected chi connectivity index (χ4v) is 3.08. The summed E-state index contributed by atoms with van der Waals surface area (Å²) in [7, 11) is 0. The predicted octanol–water partition coefficient (Wildman–Crippen LogP) is 4.59. The van der Waals surface area contributed by atoms with Crippen LogP contribution in [0.15, 0.2) is 59.2 Å². The van der Waals surface area contributed by atoms with Crippen LogP contribution >= 0.6 is 0 Å². The van der Waals surface area contributed by atoms with Gasteiger partial charge in [-0.05, 0) is 24.8 Å². The van der Waals surface area contributed by atoms with Crippen molar-refractivity contribution in [3.63, 3.8) is 0 Å². The fraction of sp³-hybridized carbons (Fsp3) is 0.421. The molecule has 0 amide bonds. The molecule has 0 unspecified atom stereocenters. The molecule has 1 aromatic carbocycles. The quantitative estimate of drug-likeness (QED) is 0.619. The molecule has 1 saturated carbocycles. The van der Waals surface area contributed by atoms with Gasteiger partial charge in [0.05, 0.1) is 5.71 Å². The van der Waals surface area contributed by atoms with Gasteiger partial charge in [-0.15, -0.1) is 0 Å². The molecule has 110 valence electrons. The van der Waals surface area contributed by atoms with Gasteiger partial charge in [-0.25, -0.2) is 0 Å². The van der Waals surface area contributed by atoms with Crippen molar-refractivity contribution in [2.45, 2.75) is 51.0 Å². The third-order valence-electron chi connectivity index (χ3n) is 4.34. The van der Waals surface area contributed by atoms with Gasteiger partial charge in [0.15, 0.2) is 0 Å². The Morgan fingerprint density at radius 3 is 2.62 bits per heavy atom. The molecule has 0 aliphatic heterocycles. The second kappa shape index (κ2) is 7.26. The molecule has 0 saturated heterocycles. The molecule has 21 heavy (non-hydrogen) atoms. The zero-order valence-electron chi connectivity index (χ0n) is 12.6. The molecular formula is C19H24N2. The SMILES string of the molecule is C1=CCC(CC(=NNC2CCCCC2)c2ccccc2)=C1. The first-order valence-corrected chi connectivity index (χ1v) is 8.14. The first-order chi connectivity index (χ1) is 10.4. The number of allylic oxidation sites excluding steroid dienone is 4. The second-order valence-corrected chi connectivity index (χ2v) is 6.02. The van der Waals surface area contributed by atoms with E-state index in [-0.39, 0.29) is 0 Å². The number of hydrogen-bond acceptors (Lipinski definition) is 2. The lowest BCUT2D eigenvalue weighted by Gasteiger charge is -2.21. The van der Waals surface area contributed by atoms with Crippen LogP contribution in [0.25, 0.3) is 0 Å². The van der Waals surface area contributed by atoms with Gasteiger partial charge in [-0.1, -0.05) is 73.4 Å². The van der Waals surface area contributed by atoms with Crippen molar-refractivity contribution in [3.05, 3.63) is 59.7 Å². The van der Waals surface area contributed by atoms with Crippen LogP contribution in [0.2, 0.25) is 0 Å². The van der Waals surface area contributed by atoms with Crippen molar-refractivity contribution in [3.8, 4) is 0 Å². The topological polar surface area (TPSA) is 24.4 Å². The van der Waals surface area contributed by atoms with E-state index >= 15 is 0 Å². The van der Waals surface area contributed by atoms with E-state index in [1.807, 2.05) is 0 Å². The van der Waals surface area contributed by atoms with Gasteiger partial charge >= 0.3 is 0 Å². The number of nitrogens with zero attached hydrogens (tertiary/aromatic N) is 1. The van der Waals surface area contributed by atoms with Crippen LogP contribution in [-0.2, 0) is 0 Å². The van der Waals surface area contributed by atoms with Gasteiger partial charge in [-0.2, -0.15) is 5.10 Å². The summed E-state index contributed by atoms with van der Waals surface area (Å²) in [6.45, 7) is 0. The highest BCUT2D eigenvalue weighted by Gasteiger charge is 2.13. The Hall–Kier alpha value is -1.83. The zero-order valence-corrected chi connectivity index (χ0v) is 12.6. The maximum atomic E-state index is 4.78. The second-order valence-electron chi connectivity index (χ2n) is 6.02. The average molecular weight is 280 g/mol. The van der Waals surface area contributed by atoms with E-state index in [4.69, 9.17) is 5.10 Å². The molecule has 2 aliphatic carbocycles. The summed E-state index contributed by atoms with van der Waals surface area (Å²) in [5.41, 5.74) is 7.27. The summed E-state index contributed by atoms with van der Waals surface area (Å²) in [5, 5.41) is 4.78. The normalized spacial score (nSPS) is 19.6. The Morgan fingerprint density at radius 1 is 1.10 bits per heavy atom. The first-order valence-electron chi connectivity index (χ1n) is 8.14. The molecule has 0 bridgehead atoms. The minimum atomic E-state index is 0.563. The molecule has 0 aromatic heterocycles. The van der Waals surface area contributed by atoms with Crippen LogP contribution in [0.4, 0.5) is 0 Å². The largest absolute Gasteiger partial charge is 0.307 e. The summed E-state index contributed by atoms with van der Waals surface area (Å²) in [6.07, 6.45) is 15.2. The number of nitrogens with one attached hydrogen (secondary N) is 1. The molecule has 2 aliphatic rings. The standard InChI is InChI=1S/C19H24N2/c1-3-11-17(12-4-1)19(15-16-9-7-8-10-16)21-20-18-13-5-2-6-14-18/h1,3-4,7-9,11-12,18,20H,2,5-6,10,13-15H2. The molecule has 2 heteroatoms. The van der Waals surface area contributed by atoms with Gasteiger partial charge in [-0.3, -0.25) is 0 Å². The molecule has 1 fully saturated rings. The van der Waals surface area contributed by atoms with E-state index in [1.54, 1.807) is 0 Å². The third kappa shape index (κ3) is 4.07.